The first-order valence-corrected chi connectivity index (χ1v) is 5.89. The number of aromatic amines is 1. The van der Waals surface area contributed by atoms with E-state index in [0.29, 0.717) is 23.7 Å². The second-order valence-corrected chi connectivity index (χ2v) is 4.19. The van der Waals surface area contributed by atoms with E-state index in [4.69, 9.17) is 9.47 Å². The number of carbonyl (C=O) groups excluding carboxylic acids is 1. The highest BCUT2D eigenvalue weighted by atomic mass is 16.5. The molecule has 2 rings (SSSR count). The Bertz CT molecular complexity index is 590. The molecular formula is C14H16N2O3. The summed E-state index contributed by atoms with van der Waals surface area (Å²) >= 11 is 0. The van der Waals surface area contributed by atoms with Crippen molar-refractivity contribution in [3.05, 3.63) is 30.2 Å². The van der Waals surface area contributed by atoms with Gasteiger partial charge in [-0.3, -0.25) is 4.79 Å². The van der Waals surface area contributed by atoms with Crippen LogP contribution in [0.3, 0.4) is 0 Å². The Balaban J connectivity index is 2.31. The maximum Gasteiger partial charge on any atom is 0.161 e. The Kier molecular flexibility index (Phi) is 3.85. The quantitative estimate of drug-likeness (QED) is 0.895. The van der Waals surface area contributed by atoms with Crippen molar-refractivity contribution in [2.45, 2.75) is 13.3 Å². The molecule has 0 atom stereocenters. The molecule has 2 aromatic rings. The number of ketones is 1. The van der Waals surface area contributed by atoms with Gasteiger partial charge in [0.1, 0.15) is 11.6 Å². The summed E-state index contributed by atoms with van der Waals surface area (Å²) < 4.78 is 10.4. The summed E-state index contributed by atoms with van der Waals surface area (Å²) in [6.45, 7) is 1.54. The number of methoxy groups -OCH3 is 2. The third-order valence-corrected chi connectivity index (χ3v) is 2.74. The number of hydrogen-bond acceptors (Lipinski definition) is 4. The largest absolute Gasteiger partial charge is 0.493 e. The smallest absolute Gasteiger partial charge is 0.161 e. The molecule has 100 valence electrons. The molecule has 0 aliphatic rings. The lowest BCUT2D eigenvalue weighted by Gasteiger charge is -2.08. The SMILES string of the molecule is COc1ccc(-c2cnc(CC(C)=O)[nH]2)cc1OC. The lowest BCUT2D eigenvalue weighted by atomic mass is 10.1. The minimum absolute atomic E-state index is 0.0770. The second-order valence-electron chi connectivity index (χ2n) is 4.19. The molecule has 0 radical (unpaired) electrons. The van der Waals surface area contributed by atoms with E-state index < -0.39 is 0 Å². The summed E-state index contributed by atoms with van der Waals surface area (Å²) in [5.74, 6) is 2.07. The average Bonchev–Trinajstić information content (AvgIpc) is 2.85. The first-order chi connectivity index (χ1) is 9.13. The van der Waals surface area contributed by atoms with Crippen molar-refractivity contribution < 1.29 is 14.3 Å². The van der Waals surface area contributed by atoms with Gasteiger partial charge < -0.3 is 14.5 Å². The molecule has 1 heterocycles. The molecule has 0 bridgehead atoms. The van der Waals surface area contributed by atoms with Crippen LogP contribution in [0.2, 0.25) is 0 Å². The maximum atomic E-state index is 11.0. The zero-order valence-electron chi connectivity index (χ0n) is 11.2. The van der Waals surface area contributed by atoms with Gasteiger partial charge in [-0.2, -0.15) is 0 Å². The molecule has 0 aliphatic carbocycles. The minimum atomic E-state index is 0.0770. The number of hydrogen-bond donors (Lipinski definition) is 1. The number of H-pyrrole nitrogens is 1. The first kappa shape index (κ1) is 13.1. The predicted molar refractivity (Wildman–Crippen MR) is 71.5 cm³/mol. The number of imidazole rings is 1. The van der Waals surface area contributed by atoms with Gasteiger partial charge in [0.05, 0.1) is 32.5 Å². The molecule has 1 aromatic carbocycles. The van der Waals surface area contributed by atoms with Crippen LogP contribution in [0.25, 0.3) is 11.3 Å². The molecule has 1 aromatic heterocycles. The molecule has 19 heavy (non-hydrogen) atoms. The van der Waals surface area contributed by atoms with Crippen molar-refractivity contribution in [1.29, 1.82) is 0 Å². The molecular weight excluding hydrogens is 244 g/mol. The molecule has 0 amide bonds. The van der Waals surface area contributed by atoms with Gasteiger partial charge in [-0.05, 0) is 25.1 Å². The number of carbonyl (C=O) groups is 1. The summed E-state index contributed by atoms with van der Waals surface area (Å²) in [4.78, 5) is 18.3. The van der Waals surface area contributed by atoms with Gasteiger partial charge in [0, 0.05) is 5.56 Å². The number of nitrogens with one attached hydrogen (secondary N) is 1. The molecule has 0 saturated heterocycles. The standard InChI is InChI=1S/C14H16N2O3/c1-9(17)6-14-15-8-11(16-14)10-4-5-12(18-2)13(7-10)19-3/h4-5,7-8H,6H2,1-3H3,(H,15,16). The molecule has 0 fully saturated rings. The van der Waals surface area contributed by atoms with Gasteiger partial charge in [-0.1, -0.05) is 0 Å². The summed E-state index contributed by atoms with van der Waals surface area (Å²) in [5, 5.41) is 0. The summed E-state index contributed by atoms with van der Waals surface area (Å²) in [7, 11) is 3.19. The van der Waals surface area contributed by atoms with Crippen LogP contribution in [0.4, 0.5) is 0 Å². The zero-order valence-corrected chi connectivity index (χ0v) is 11.2. The number of rotatable bonds is 5. The lowest BCUT2D eigenvalue weighted by Crippen LogP contribution is -1.97. The summed E-state index contributed by atoms with van der Waals surface area (Å²) in [6, 6.07) is 5.61. The maximum absolute atomic E-state index is 11.0. The van der Waals surface area contributed by atoms with E-state index in [1.54, 1.807) is 27.3 Å². The molecule has 0 aliphatic heterocycles. The summed E-state index contributed by atoms with van der Waals surface area (Å²) in [6.07, 6.45) is 2.02. The van der Waals surface area contributed by atoms with Crippen molar-refractivity contribution >= 4 is 5.78 Å². The van der Waals surface area contributed by atoms with Gasteiger partial charge in [-0.15, -0.1) is 0 Å². The van der Waals surface area contributed by atoms with Crippen molar-refractivity contribution in [2.24, 2.45) is 0 Å². The highest BCUT2D eigenvalue weighted by Crippen LogP contribution is 2.31. The van der Waals surface area contributed by atoms with Crippen LogP contribution in [0.15, 0.2) is 24.4 Å². The molecule has 5 nitrogen and oxygen atoms in total. The number of ether oxygens (including phenoxy) is 2. The Labute approximate surface area is 111 Å². The van der Waals surface area contributed by atoms with Crippen LogP contribution in [0.1, 0.15) is 12.7 Å². The van der Waals surface area contributed by atoms with E-state index in [1.165, 1.54) is 0 Å². The fraction of sp³-hybridized carbons (Fsp3) is 0.286. The number of nitrogens with zero attached hydrogens (tertiary/aromatic N) is 1. The third-order valence-electron chi connectivity index (χ3n) is 2.74. The van der Waals surface area contributed by atoms with Crippen molar-refractivity contribution in [1.82, 2.24) is 9.97 Å². The lowest BCUT2D eigenvalue weighted by molar-refractivity contribution is -0.116. The average molecular weight is 260 g/mol. The van der Waals surface area contributed by atoms with Crippen LogP contribution in [-0.4, -0.2) is 30.0 Å². The monoisotopic (exact) mass is 260 g/mol. The minimum Gasteiger partial charge on any atom is -0.493 e. The van der Waals surface area contributed by atoms with Gasteiger partial charge in [-0.25, -0.2) is 4.98 Å². The van der Waals surface area contributed by atoms with Crippen LogP contribution < -0.4 is 9.47 Å². The third kappa shape index (κ3) is 2.93. The molecule has 0 spiro atoms. The highest BCUT2D eigenvalue weighted by molar-refractivity contribution is 5.77. The normalized spacial score (nSPS) is 10.3. The van der Waals surface area contributed by atoms with Gasteiger partial charge in [0.25, 0.3) is 0 Å². The molecule has 1 N–H and O–H groups in total. The summed E-state index contributed by atoms with van der Waals surface area (Å²) in [5.41, 5.74) is 1.78. The van der Waals surface area contributed by atoms with E-state index in [0.717, 1.165) is 11.3 Å². The van der Waals surface area contributed by atoms with Crippen LogP contribution >= 0.6 is 0 Å². The Morgan fingerprint density at radius 2 is 2.00 bits per heavy atom. The van der Waals surface area contributed by atoms with E-state index >= 15 is 0 Å². The number of benzene rings is 1. The second kappa shape index (κ2) is 5.56. The Morgan fingerprint density at radius 1 is 1.26 bits per heavy atom. The molecule has 5 heteroatoms. The van der Waals surface area contributed by atoms with Gasteiger partial charge in [0.15, 0.2) is 11.5 Å². The fourth-order valence-electron chi connectivity index (χ4n) is 1.84. The van der Waals surface area contributed by atoms with E-state index in [9.17, 15) is 4.79 Å². The van der Waals surface area contributed by atoms with Crippen molar-refractivity contribution in [2.75, 3.05) is 14.2 Å². The fourth-order valence-corrected chi connectivity index (χ4v) is 1.84. The predicted octanol–water partition coefficient (Wildman–Crippen LogP) is 2.23. The van der Waals surface area contributed by atoms with Crippen LogP contribution in [0, 0.1) is 0 Å². The molecule has 0 unspecified atom stereocenters. The van der Waals surface area contributed by atoms with Gasteiger partial charge >= 0.3 is 0 Å². The van der Waals surface area contributed by atoms with Crippen molar-refractivity contribution in [3.8, 4) is 22.8 Å². The van der Waals surface area contributed by atoms with Gasteiger partial charge in [0.2, 0.25) is 0 Å². The number of aromatic nitrogens is 2. The zero-order chi connectivity index (χ0) is 13.8. The highest BCUT2D eigenvalue weighted by Gasteiger charge is 2.09. The molecule has 0 saturated carbocycles. The van der Waals surface area contributed by atoms with E-state index in [2.05, 4.69) is 9.97 Å². The van der Waals surface area contributed by atoms with Crippen LogP contribution in [-0.2, 0) is 11.2 Å². The van der Waals surface area contributed by atoms with E-state index in [1.807, 2.05) is 18.2 Å². The Morgan fingerprint density at radius 3 is 2.63 bits per heavy atom. The van der Waals surface area contributed by atoms with Crippen LogP contribution in [0.5, 0.6) is 11.5 Å². The Hall–Kier alpha value is -2.30. The van der Waals surface area contributed by atoms with E-state index in [-0.39, 0.29) is 5.78 Å². The van der Waals surface area contributed by atoms with Crippen molar-refractivity contribution in [3.63, 3.8) is 0 Å². The first-order valence-electron chi connectivity index (χ1n) is 5.89. The topological polar surface area (TPSA) is 64.2 Å². The number of Topliss-reactive ketones (excluding diaryl/α,β-unsaturated/α-hetero) is 1.